The Morgan fingerprint density at radius 2 is 2.26 bits per heavy atom. The maximum atomic E-state index is 5.35. The van der Waals surface area contributed by atoms with Crippen LogP contribution in [0.4, 0.5) is 0 Å². The summed E-state index contributed by atoms with van der Waals surface area (Å²) in [6, 6.07) is 4.04. The first-order valence-electron chi connectivity index (χ1n) is 6.44. The van der Waals surface area contributed by atoms with Crippen molar-refractivity contribution >= 4 is 28.1 Å². The first-order valence-corrected chi connectivity index (χ1v) is 7.64. The molecule has 2 aromatic rings. The fourth-order valence-electron chi connectivity index (χ4n) is 2.18. The molecule has 2 aromatic heterocycles. The minimum Gasteiger partial charge on any atom is -0.341 e. The molecule has 1 N–H and O–H groups in total. The topological polar surface area (TPSA) is 41.6 Å². The minimum absolute atomic E-state index is 0.589. The molecule has 0 aromatic carbocycles. The highest BCUT2D eigenvalue weighted by molar-refractivity contribution is 9.10. The summed E-state index contributed by atoms with van der Waals surface area (Å²) in [5.74, 6) is 1.37. The average Bonchev–Trinajstić information content (AvgIpc) is 3.26. The van der Waals surface area contributed by atoms with Gasteiger partial charge in [0.15, 0.2) is 5.82 Å². The third-order valence-electron chi connectivity index (χ3n) is 3.37. The predicted octanol–water partition coefficient (Wildman–Crippen LogP) is 4.40. The number of halogens is 1. The number of H-pyrrole nitrogens is 1. The van der Waals surface area contributed by atoms with Crippen molar-refractivity contribution in [2.75, 3.05) is 0 Å². The minimum atomic E-state index is 0.589. The highest BCUT2D eigenvalue weighted by atomic mass is 79.9. The number of nitrogens with one attached hydrogen (secondary N) is 1. The molecule has 98 valence electrons. The summed E-state index contributed by atoms with van der Waals surface area (Å²) in [6.45, 7) is 2.12. The summed E-state index contributed by atoms with van der Waals surface area (Å²) in [5.41, 5.74) is 3.26. The Labute approximate surface area is 125 Å². The largest absolute Gasteiger partial charge is 0.341 e. The second-order valence-electron chi connectivity index (χ2n) is 4.76. The zero-order valence-electron chi connectivity index (χ0n) is 10.6. The molecule has 3 nitrogen and oxygen atoms in total. The van der Waals surface area contributed by atoms with Crippen LogP contribution in [0.25, 0.3) is 11.5 Å². The van der Waals surface area contributed by atoms with E-state index >= 15 is 0 Å². The van der Waals surface area contributed by atoms with Gasteiger partial charge in [-0.1, -0.05) is 25.2 Å². The van der Waals surface area contributed by atoms with Crippen molar-refractivity contribution in [2.24, 2.45) is 0 Å². The van der Waals surface area contributed by atoms with E-state index < -0.39 is 0 Å². The number of nitrogens with zero attached hydrogens (tertiary/aromatic N) is 2. The summed E-state index contributed by atoms with van der Waals surface area (Å²) >= 11 is 8.89. The van der Waals surface area contributed by atoms with Gasteiger partial charge in [-0.25, -0.2) is 4.98 Å². The number of rotatable bonds is 3. The van der Waals surface area contributed by atoms with Crippen molar-refractivity contribution in [3.63, 3.8) is 0 Å². The summed E-state index contributed by atoms with van der Waals surface area (Å²) < 4.78 is 1.55. The lowest BCUT2D eigenvalue weighted by Gasteiger charge is -2.09. The smallest absolute Gasteiger partial charge is 0.158 e. The van der Waals surface area contributed by atoms with Crippen LogP contribution in [0.5, 0.6) is 0 Å². The molecule has 0 spiro atoms. The second-order valence-corrected chi connectivity index (χ2v) is 5.94. The Balaban J connectivity index is 2.17. The average molecular weight is 336 g/mol. The molecule has 0 saturated heterocycles. The first-order chi connectivity index (χ1) is 9.20. The SMILES string of the molecule is CCc1cccnc1-c1nc(=S)c(Br)c(C2CC2)[nH]1. The molecule has 1 fully saturated rings. The first kappa shape index (κ1) is 12.9. The van der Waals surface area contributed by atoms with E-state index in [9.17, 15) is 0 Å². The van der Waals surface area contributed by atoms with E-state index in [1.54, 1.807) is 6.20 Å². The molecule has 3 rings (SSSR count). The van der Waals surface area contributed by atoms with Crippen LogP contribution in [0.1, 0.15) is 36.9 Å². The Bertz CT molecular complexity index is 677. The van der Waals surface area contributed by atoms with Crippen molar-refractivity contribution in [3.8, 4) is 11.5 Å². The van der Waals surface area contributed by atoms with Gasteiger partial charge < -0.3 is 4.98 Å². The van der Waals surface area contributed by atoms with Gasteiger partial charge in [0, 0.05) is 17.8 Å². The Kier molecular flexibility index (Phi) is 3.50. The van der Waals surface area contributed by atoms with Crippen LogP contribution in [-0.4, -0.2) is 15.0 Å². The Morgan fingerprint density at radius 3 is 2.95 bits per heavy atom. The standard InChI is InChI=1S/C14H14BrN3S/c1-2-8-4-3-7-16-12(8)13-17-11(9-5-6-9)10(15)14(19)18-13/h3-4,7,9H,2,5-6H2,1H3,(H,17,18,19). The van der Waals surface area contributed by atoms with Gasteiger partial charge in [0.25, 0.3) is 0 Å². The summed E-state index contributed by atoms with van der Waals surface area (Å²) in [7, 11) is 0. The molecule has 0 aliphatic heterocycles. The zero-order chi connectivity index (χ0) is 13.4. The predicted molar refractivity (Wildman–Crippen MR) is 81.7 cm³/mol. The van der Waals surface area contributed by atoms with E-state index in [0.29, 0.717) is 10.6 Å². The van der Waals surface area contributed by atoms with Crippen molar-refractivity contribution in [3.05, 3.63) is 38.7 Å². The monoisotopic (exact) mass is 335 g/mol. The zero-order valence-corrected chi connectivity index (χ0v) is 13.0. The van der Waals surface area contributed by atoms with Crippen LogP contribution in [0, 0.1) is 4.64 Å². The Hall–Kier alpha value is -1.07. The lowest BCUT2D eigenvalue weighted by atomic mass is 10.1. The number of aromatic nitrogens is 3. The number of pyridine rings is 1. The third-order valence-corrected chi connectivity index (χ3v) is 4.73. The van der Waals surface area contributed by atoms with E-state index in [0.717, 1.165) is 22.4 Å². The van der Waals surface area contributed by atoms with E-state index in [4.69, 9.17) is 12.2 Å². The van der Waals surface area contributed by atoms with Gasteiger partial charge in [-0.3, -0.25) is 4.98 Å². The highest BCUT2D eigenvalue weighted by Gasteiger charge is 2.28. The maximum Gasteiger partial charge on any atom is 0.158 e. The van der Waals surface area contributed by atoms with Crippen LogP contribution in [-0.2, 0) is 6.42 Å². The molecule has 0 atom stereocenters. The Morgan fingerprint density at radius 1 is 1.47 bits per heavy atom. The number of hydrogen-bond acceptors (Lipinski definition) is 3. The summed E-state index contributed by atoms with van der Waals surface area (Å²) in [4.78, 5) is 12.3. The molecular formula is C14H14BrN3S. The van der Waals surface area contributed by atoms with Gasteiger partial charge in [-0.2, -0.15) is 0 Å². The van der Waals surface area contributed by atoms with Crippen molar-refractivity contribution in [1.29, 1.82) is 0 Å². The summed E-state index contributed by atoms with van der Waals surface area (Å²) in [5, 5.41) is 0. The van der Waals surface area contributed by atoms with Gasteiger partial charge in [0.05, 0.1) is 4.47 Å². The summed E-state index contributed by atoms with van der Waals surface area (Å²) in [6.07, 6.45) is 5.17. The lowest BCUT2D eigenvalue weighted by molar-refractivity contribution is 0.959. The van der Waals surface area contributed by atoms with E-state index in [-0.39, 0.29) is 0 Å². The van der Waals surface area contributed by atoms with Crippen LogP contribution in [0.3, 0.4) is 0 Å². The third kappa shape index (κ3) is 2.49. The molecular weight excluding hydrogens is 322 g/mol. The van der Waals surface area contributed by atoms with Gasteiger partial charge in [0.2, 0.25) is 0 Å². The molecule has 2 heterocycles. The van der Waals surface area contributed by atoms with Gasteiger partial charge in [-0.15, -0.1) is 0 Å². The molecule has 1 aliphatic carbocycles. The molecule has 1 saturated carbocycles. The maximum absolute atomic E-state index is 5.35. The number of aromatic amines is 1. The van der Waals surface area contributed by atoms with E-state index in [1.807, 2.05) is 6.07 Å². The second kappa shape index (κ2) is 5.13. The molecule has 0 amide bonds. The van der Waals surface area contributed by atoms with Gasteiger partial charge in [0.1, 0.15) is 10.3 Å². The van der Waals surface area contributed by atoms with E-state index in [2.05, 4.69) is 43.9 Å². The van der Waals surface area contributed by atoms with Gasteiger partial charge >= 0.3 is 0 Å². The van der Waals surface area contributed by atoms with E-state index in [1.165, 1.54) is 24.1 Å². The molecule has 0 radical (unpaired) electrons. The van der Waals surface area contributed by atoms with Crippen LogP contribution >= 0.6 is 28.1 Å². The normalized spacial score (nSPS) is 14.6. The lowest BCUT2D eigenvalue weighted by Crippen LogP contribution is -2.01. The number of aryl methyl sites for hydroxylation is 1. The van der Waals surface area contributed by atoms with Crippen molar-refractivity contribution < 1.29 is 0 Å². The fourth-order valence-corrected chi connectivity index (χ4v) is 2.89. The number of hydrogen-bond donors (Lipinski definition) is 1. The van der Waals surface area contributed by atoms with Crippen LogP contribution < -0.4 is 0 Å². The fraction of sp³-hybridized carbons (Fsp3) is 0.357. The van der Waals surface area contributed by atoms with Crippen molar-refractivity contribution in [2.45, 2.75) is 32.1 Å². The van der Waals surface area contributed by atoms with Crippen LogP contribution in [0.15, 0.2) is 22.8 Å². The molecule has 5 heteroatoms. The quantitative estimate of drug-likeness (QED) is 0.845. The molecule has 0 bridgehead atoms. The van der Waals surface area contributed by atoms with Crippen LogP contribution in [0.2, 0.25) is 0 Å². The highest BCUT2D eigenvalue weighted by Crippen LogP contribution is 2.42. The van der Waals surface area contributed by atoms with Crippen molar-refractivity contribution in [1.82, 2.24) is 15.0 Å². The molecule has 0 unspecified atom stereocenters. The molecule has 19 heavy (non-hydrogen) atoms. The molecule has 1 aliphatic rings. The van der Waals surface area contributed by atoms with Gasteiger partial charge in [-0.05, 0) is 46.8 Å².